The Morgan fingerprint density at radius 3 is 2.53 bits per heavy atom. The SMILES string of the molecule is C[C@H](NC(=O)CSc1ccc(Br)cc1)C(=O)O. The molecule has 0 aliphatic heterocycles. The first kappa shape index (κ1) is 14.1. The zero-order valence-electron chi connectivity index (χ0n) is 9.14. The molecule has 0 radical (unpaired) electrons. The number of hydrogen-bond acceptors (Lipinski definition) is 3. The van der Waals surface area contributed by atoms with Gasteiger partial charge in [-0.2, -0.15) is 0 Å². The number of amides is 1. The summed E-state index contributed by atoms with van der Waals surface area (Å²) < 4.78 is 0.978. The van der Waals surface area contributed by atoms with Crippen molar-refractivity contribution in [3.05, 3.63) is 28.7 Å². The highest BCUT2D eigenvalue weighted by molar-refractivity contribution is 9.10. The van der Waals surface area contributed by atoms with E-state index >= 15 is 0 Å². The Labute approximate surface area is 112 Å². The first-order valence-electron chi connectivity index (χ1n) is 4.89. The Balaban J connectivity index is 2.38. The highest BCUT2D eigenvalue weighted by Crippen LogP contribution is 2.20. The van der Waals surface area contributed by atoms with Crippen LogP contribution in [0.2, 0.25) is 0 Å². The Kier molecular flexibility index (Phi) is 5.50. The third-order valence-corrected chi connectivity index (χ3v) is 3.47. The van der Waals surface area contributed by atoms with Crippen molar-refractivity contribution in [1.29, 1.82) is 0 Å². The summed E-state index contributed by atoms with van der Waals surface area (Å²) in [6.45, 7) is 1.44. The number of carboxylic acid groups (broad SMARTS) is 1. The van der Waals surface area contributed by atoms with Crippen LogP contribution in [0.25, 0.3) is 0 Å². The third kappa shape index (κ3) is 5.23. The predicted molar refractivity (Wildman–Crippen MR) is 70.1 cm³/mol. The van der Waals surface area contributed by atoms with Gasteiger partial charge in [-0.25, -0.2) is 0 Å². The molecule has 1 atom stereocenters. The van der Waals surface area contributed by atoms with Crippen LogP contribution in [0.4, 0.5) is 0 Å². The van der Waals surface area contributed by atoms with E-state index in [0.29, 0.717) is 0 Å². The van der Waals surface area contributed by atoms with Crippen molar-refractivity contribution >= 4 is 39.6 Å². The molecule has 0 aliphatic carbocycles. The third-order valence-electron chi connectivity index (χ3n) is 1.93. The maximum atomic E-state index is 11.4. The van der Waals surface area contributed by atoms with E-state index in [2.05, 4.69) is 21.2 Å². The molecule has 0 spiro atoms. The smallest absolute Gasteiger partial charge is 0.325 e. The molecule has 0 aromatic heterocycles. The van der Waals surface area contributed by atoms with Crippen LogP contribution in [0.15, 0.2) is 33.6 Å². The van der Waals surface area contributed by atoms with Crippen LogP contribution < -0.4 is 5.32 Å². The average molecular weight is 318 g/mol. The van der Waals surface area contributed by atoms with E-state index in [-0.39, 0.29) is 11.7 Å². The predicted octanol–water partition coefficient (Wildman–Crippen LogP) is 2.13. The number of rotatable bonds is 5. The zero-order chi connectivity index (χ0) is 12.8. The molecule has 2 N–H and O–H groups in total. The lowest BCUT2D eigenvalue weighted by atomic mass is 10.3. The van der Waals surface area contributed by atoms with E-state index in [9.17, 15) is 9.59 Å². The molecule has 1 rings (SSSR count). The van der Waals surface area contributed by atoms with Crippen LogP contribution in [-0.4, -0.2) is 28.8 Å². The van der Waals surface area contributed by atoms with Gasteiger partial charge in [0.2, 0.25) is 5.91 Å². The number of benzene rings is 1. The standard InChI is InChI=1S/C11H12BrNO3S/c1-7(11(15)16)13-10(14)6-17-9-4-2-8(12)3-5-9/h2-5,7H,6H2,1H3,(H,13,14)(H,15,16)/t7-/m0/s1. The molecular weight excluding hydrogens is 306 g/mol. The van der Waals surface area contributed by atoms with E-state index in [1.807, 2.05) is 24.3 Å². The number of halogens is 1. The van der Waals surface area contributed by atoms with Gasteiger partial charge in [0.15, 0.2) is 0 Å². The molecule has 0 saturated heterocycles. The van der Waals surface area contributed by atoms with Crippen molar-refractivity contribution < 1.29 is 14.7 Å². The number of nitrogens with one attached hydrogen (secondary N) is 1. The number of hydrogen-bond donors (Lipinski definition) is 2. The number of thioether (sulfide) groups is 1. The molecule has 1 amide bonds. The molecule has 4 nitrogen and oxygen atoms in total. The molecule has 1 aromatic carbocycles. The Bertz CT molecular complexity index is 408. The number of aliphatic carboxylic acids is 1. The molecule has 92 valence electrons. The first-order chi connectivity index (χ1) is 7.99. The largest absolute Gasteiger partial charge is 0.480 e. The highest BCUT2D eigenvalue weighted by Gasteiger charge is 2.13. The number of carboxylic acids is 1. The van der Waals surface area contributed by atoms with Crippen LogP contribution in [0.5, 0.6) is 0 Å². The van der Waals surface area contributed by atoms with Crippen molar-refractivity contribution in [1.82, 2.24) is 5.32 Å². The fourth-order valence-corrected chi connectivity index (χ4v) is 2.00. The van der Waals surface area contributed by atoms with E-state index in [4.69, 9.17) is 5.11 Å². The van der Waals surface area contributed by atoms with Gasteiger partial charge in [-0.05, 0) is 31.2 Å². The van der Waals surface area contributed by atoms with Crippen LogP contribution in [0.1, 0.15) is 6.92 Å². The minimum Gasteiger partial charge on any atom is -0.480 e. The summed E-state index contributed by atoms with van der Waals surface area (Å²) in [5.74, 6) is -1.11. The molecule has 0 fully saturated rings. The summed E-state index contributed by atoms with van der Waals surface area (Å²) in [6.07, 6.45) is 0. The van der Waals surface area contributed by atoms with Gasteiger partial charge in [-0.1, -0.05) is 15.9 Å². The summed E-state index contributed by atoms with van der Waals surface area (Å²) in [5.41, 5.74) is 0. The summed E-state index contributed by atoms with van der Waals surface area (Å²) in [6, 6.07) is 6.71. The van der Waals surface area contributed by atoms with E-state index in [0.717, 1.165) is 9.37 Å². The van der Waals surface area contributed by atoms with Crippen molar-refractivity contribution in [2.75, 3.05) is 5.75 Å². The van der Waals surface area contributed by atoms with Crippen molar-refractivity contribution in [3.8, 4) is 0 Å². The molecule has 0 saturated carbocycles. The second-order valence-electron chi connectivity index (χ2n) is 3.37. The van der Waals surface area contributed by atoms with Crippen LogP contribution >= 0.6 is 27.7 Å². The van der Waals surface area contributed by atoms with Crippen molar-refractivity contribution in [2.45, 2.75) is 17.9 Å². The minimum absolute atomic E-state index is 0.208. The lowest BCUT2D eigenvalue weighted by molar-refractivity contribution is -0.140. The van der Waals surface area contributed by atoms with Crippen molar-refractivity contribution in [2.24, 2.45) is 0 Å². The van der Waals surface area contributed by atoms with E-state index < -0.39 is 12.0 Å². The van der Waals surface area contributed by atoms with Gasteiger partial charge < -0.3 is 10.4 Å². The highest BCUT2D eigenvalue weighted by atomic mass is 79.9. The first-order valence-corrected chi connectivity index (χ1v) is 6.67. The Morgan fingerprint density at radius 1 is 1.41 bits per heavy atom. The molecule has 6 heteroatoms. The van der Waals surface area contributed by atoms with Crippen LogP contribution in [-0.2, 0) is 9.59 Å². The van der Waals surface area contributed by atoms with E-state index in [1.54, 1.807) is 0 Å². The van der Waals surface area contributed by atoms with E-state index in [1.165, 1.54) is 18.7 Å². The fraction of sp³-hybridized carbons (Fsp3) is 0.273. The average Bonchev–Trinajstić information content (AvgIpc) is 2.28. The maximum Gasteiger partial charge on any atom is 0.325 e. The normalized spacial score (nSPS) is 11.9. The molecule has 17 heavy (non-hydrogen) atoms. The van der Waals surface area contributed by atoms with Gasteiger partial charge in [-0.3, -0.25) is 9.59 Å². The molecular formula is C11H12BrNO3S. The summed E-state index contributed by atoms with van der Waals surface area (Å²) in [4.78, 5) is 22.9. The molecule has 0 aliphatic rings. The second kappa shape index (κ2) is 6.66. The molecule has 0 unspecified atom stereocenters. The lowest BCUT2D eigenvalue weighted by Gasteiger charge is -2.08. The quantitative estimate of drug-likeness (QED) is 0.816. The van der Waals surface area contributed by atoms with Gasteiger partial charge in [0.25, 0.3) is 0 Å². The monoisotopic (exact) mass is 317 g/mol. The summed E-state index contributed by atoms with van der Waals surface area (Å²) in [5, 5.41) is 11.0. The molecule has 1 aromatic rings. The second-order valence-corrected chi connectivity index (χ2v) is 5.33. The lowest BCUT2D eigenvalue weighted by Crippen LogP contribution is -2.39. The van der Waals surface area contributed by atoms with Gasteiger partial charge in [-0.15, -0.1) is 11.8 Å². The summed E-state index contributed by atoms with van der Waals surface area (Å²) in [7, 11) is 0. The van der Waals surface area contributed by atoms with Crippen LogP contribution in [0, 0.1) is 0 Å². The number of carbonyl (C=O) groups is 2. The van der Waals surface area contributed by atoms with Gasteiger partial charge in [0.1, 0.15) is 6.04 Å². The van der Waals surface area contributed by atoms with Crippen molar-refractivity contribution in [3.63, 3.8) is 0 Å². The van der Waals surface area contributed by atoms with Gasteiger partial charge >= 0.3 is 5.97 Å². The maximum absolute atomic E-state index is 11.4. The molecule has 0 bridgehead atoms. The minimum atomic E-state index is -1.04. The fourth-order valence-electron chi connectivity index (χ4n) is 1.02. The van der Waals surface area contributed by atoms with Gasteiger partial charge in [0, 0.05) is 9.37 Å². The Hall–Kier alpha value is -1.01. The molecule has 0 heterocycles. The topological polar surface area (TPSA) is 66.4 Å². The zero-order valence-corrected chi connectivity index (χ0v) is 11.5. The number of carbonyl (C=O) groups excluding carboxylic acids is 1. The summed E-state index contributed by atoms with van der Waals surface area (Å²) >= 11 is 4.69. The van der Waals surface area contributed by atoms with Crippen LogP contribution in [0.3, 0.4) is 0 Å². The Morgan fingerprint density at radius 2 is 2.00 bits per heavy atom. The van der Waals surface area contributed by atoms with Gasteiger partial charge in [0.05, 0.1) is 5.75 Å².